The lowest BCUT2D eigenvalue weighted by Crippen LogP contribution is -2.14. The molecule has 0 saturated heterocycles. The third-order valence-corrected chi connectivity index (χ3v) is 5.62. The number of nitrogens with one attached hydrogen (secondary N) is 1. The van der Waals surface area contributed by atoms with Gasteiger partial charge in [0, 0.05) is 38.6 Å². The van der Waals surface area contributed by atoms with Gasteiger partial charge in [0.15, 0.2) is 11.0 Å². The van der Waals surface area contributed by atoms with E-state index in [0.717, 1.165) is 11.4 Å². The first kappa shape index (κ1) is 18.3. The number of rotatable bonds is 5. The maximum atomic E-state index is 12.1. The molecule has 3 rings (SSSR count). The lowest BCUT2D eigenvalue weighted by Gasteiger charge is -2.06. The number of nitrogens with zero attached hydrogens (tertiary/aromatic N) is 3. The predicted molar refractivity (Wildman–Crippen MR) is 105 cm³/mol. The Labute approximate surface area is 163 Å². The van der Waals surface area contributed by atoms with Gasteiger partial charge in [0.2, 0.25) is 5.91 Å². The summed E-state index contributed by atoms with van der Waals surface area (Å²) in [6.45, 7) is 2.05. The number of halogens is 2. The fourth-order valence-corrected chi connectivity index (χ4v) is 4.12. The Kier molecular flexibility index (Phi) is 5.68. The quantitative estimate of drug-likeness (QED) is 0.605. The number of carbonyl (C=O) groups is 1. The molecule has 1 aromatic carbocycles. The molecule has 0 spiro atoms. The molecule has 0 atom stereocenters. The minimum absolute atomic E-state index is 0.167. The van der Waals surface area contributed by atoms with Crippen molar-refractivity contribution in [3.05, 3.63) is 44.6 Å². The summed E-state index contributed by atoms with van der Waals surface area (Å²) in [5.41, 5.74) is 1.60. The van der Waals surface area contributed by atoms with Crippen LogP contribution < -0.4 is 5.32 Å². The van der Waals surface area contributed by atoms with E-state index >= 15 is 0 Å². The first-order valence-electron chi connectivity index (χ1n) is 7.26. The molecule has 0 bridgehead atoms. The van der Waals surface area contributed by atoms with Crippen LogP contribution in [0.4, 0.5) is 5.69 Å². The lowest BCUT2D eigenvalue weighted by atomic mass is 10.3. The SMILES string of the molecule is Cc1cc(-c2nnc(SCC(=O)Nc3cc(Cl)cc(Cl)c3)n2C)cs1. The Morgan fingerprint density at radius 1 is 1.24 bits per heavy atom. The van der Waals surface area contributed by atoms with E-state index in [1.165, 1.54) is 16.6 Å². The summed E-state index contributed by atoms with van der Waals surface area (Å²) in [6, 6.07) is 6.98. The van der Waals surface area contributed by atoms with Gasteiger partial charge >= 0.3 is 0 Å². The Balaban J connectivity index is 1.63. The topological polar surface area (TPSA) is 59.8 Å². The Morgan fingerprint density at radius 3 is 2.60 bits per heavy atom. The number of benzene rings is 1. The van der Waals surface area contributed by atoms with Crippen molar-refractivity contribution >= 4 is 57.9 Å². The van der Waals surface area contributed by atoms with Crippen LogP contribution in [0.3, 0.4) is 0 Å². The van der Waals surface area contributed by atoms with Gasteiger partial charge in [-0.3, -0.25) is 4.79 Å². The highest BCUT2D eigenvalue weighted by Gasteiger charge is 2.14. The van der Waals surface area contributed by atoms with Gasteiger partial charge in [-0.05, 0) is 31.2 Å². The molecule has 9 heteroatoms. The van der Waals surface area contributed by atoms with Crippen molar-refractivity contribution in [1.82, 2.24) is 14.8 Å². The van der Waals surface area contributed by atoms with E-state index in [-0.39, 0.29) is 11.7 Å². The highest BCUT2D eigenvalue weighted by molar-refractivity contribution is 7.99. The highest BCUT2D eigenvalue weighted by Crippen LogP contribution is 2.27. The van der Waals surface area contributed by atoms with Crippen molar-refractivity contribution < 1.29 is 4.79 Å². The van der Waals surface area contributed by atoms with Crippen molar-refractivity contribution in [2.45, 2.75) is 12.1 Å². The number of aromatic nitrogens is 3. The summed E-state index contributed by atoms with van der Waals surface area (Å²) in [4.78, 5) is 13.3. The molecular formula is C16H14Cl2N4OS2. The molecule has 0 saturated carbocycles. The number of aryl methyl sites for hydroxylation is 1. The fourth-order valence-electron chi connectivity index (χ4n) is 2.21. The van der Waals surface area contributed by atoms with Crippen molar-refractivity contribution in [3.8, 4) is 11.4 Å². The second-order valence-corrected chi connectivity index (χ2v) is 8.24. The maximum absolute atomic E-state index is 12.1. The van der Waals surface area contributed by atoms with Crippen LogP contribution in [0, 0.1) is 6.92 Å². The second-order valence-electron chi connectivity index (χ2n) is 5.31. The van der Waals surface area contributed by atoms with E-state index < -0.39 is 0 Å². The molecule has 25 heavy (non-hydrogen) atoms. The molecule has 0 unspecified atom stereocenters. The number of anilines is 1. The molecule has 0 radical (unpaired) electrons. The second kappa shape index (κ2) is 7.78. The molecule has 1 amide bonds. The molecular weight excluding hydrogens is 399 g/mol. The van der Waals surface area contributed by atoms with Crippen molar-refractivity contribution in [2.24, 2.45) is 7.05 Å². The zero-order valence-corrected chi connectivity index (χ0v) is 16.6. The standard InChI is InChI=1S/C16H14Cl2N4OS2/c1-9-3-10(7-24-9)15-20-21-16(22(15)2)25-8-14(23)19-13-5-11(17)4-12(18)6-13/h3-7H,8H2,1-2H3,(H,19,23). The van der Waals surface area contributed by atoms with Gasteiger partial charge in [-0.15, -0.1) is 21.5 Å². The molecule has 2 heterocycles. The third-order valence-electron chi connectivity index (χ3n) is 3.30. The van der Waals surface area contributed by atoms with E-state index in [2.05, 4.69) is 21.6 Å². The van der Waals surface area contributed by atoms with Gasteiger partial charge in [0.05, 0.1) is 5.75 Å². The monoisotopic (exact) mass is 412 g/mol. The van der Waals surface area contributed by atoms with E-state index in [1.54, 1.807) is 29.5 Å². The summed E-state index contributed by atoms with van der Waals surface area (Å²) >= 11 is 14.8. The average molecular weight is 413 g/mol. The highest BCUT2D eigenvalue weighted by atomic mass is 35.5. The summed E-state index contributed by atoms with van der Waals surface area (Å²) < 4.78 is 1.88. The van der Waals surface area contributed by atoms with E-state index in [9.17, 15) is 4.79 Å². The van der Waals surface area contributed by atoms with Crippen LogP contribution in [0.1, 0.15) is 4.88 Å². The number of carbonyl (C=O) groups excluding carboxylic acids is 1. The van der Waals surface area contributed by atoms with Crippen LogP contribution in [0.5, 0.6) is 0 Å². The van der Waals surface area contributed by atoms with Crippen LogP contribution >= 0.6 is 46.3 Å². The largest absolute Gasteiger partial charge is 0.325 e. The van der Waals surface area contributed by atoms with Gasteiger partial charge in [-0.2, -0.15) is 0 Å². The Morgan fingerprint density at radius 2 is 1.96 bits per heavy atom. The fraction of sp³-hybridized carbons (Fsp3) is 0.188. The predicted octanol–water partition coefficient (Wildman–Crippen LogP) is 4.89. The summed E-state index contributed by atoms with van der Waals surface area (Å²) in [5, 5.41) is 14.8. The normalized spacial score (nSPS) is 10.9. The lowest BCUT2D eigenvalue weighted by molar-refractivity contribution is -0.113. The van der Waals surface area contributed by atoms with Crippen molar-refractivity contribution in [2.75, 3.05) is 11.1 Å². The molecule has 130 valence electrons. The number of amides is 1. The van der Waals surface area contributed by atoms with Crippen LogP contribution in [0.25, 0.3) is 11.4 Å². The molecule has 1 N–H and O–H groups in total. The van der Waals surface area contributed by atoms with Gasteiger partial charge in [0.1, 0.15) is 0 Å². The van der Waals surface area contributed by atoms with Crippen molar-refractivity contribution in [3.63, 3.8) is 0 Å². The summed E-state index contributed by atoms with van der Waals surface area (Å²) in [6.07, 6.45) is 0. The number of hydrogen-bond acceptors (Lipinski definition) is 5. The zero-order valence-electron chi connectivity index (χ0n) is 13.4. The van der Waals surface area contributed by atoms with Crippen LogP contribution in [0.2, 0.25) is 10.0 Å². The summed E-state index contributed by atoms with van der Waals surface area (Å²) in [5.74, 6) is 0.826. The Hall–Kier alpha value is -1.54. The number of thiophene rings is 1. The molecule has 5 nitrogen and oxygen atoms in total. The van der Waals surface area contributed by atoms with Gasteiger partial charge < -0.3 is 9.88 Å². The molecule has 0 fully saturated rings. The third kappa shape index (κ3) is 4.55. The molecule has 0 aliphatic rings. The Bertz CT molecular complexity index is 903. The molecule has 3 aromatic rings. The van der Waals surface area contributed by atoms with Crippen LogP contribution in [-0.4, -0.2) is 26.4 Å². The smallest absolute Gasteiger partial charge is 0.234 e. The van der Waals surface area contributed by atoms with E-state index in [0.29, 0.717) is 20.9 Å². The number of thioether (sulfide) groups is 1. The van der Waals surface area contributed by atoms with Gasteiger partial charge in [-0.25, -0.2) is 0 Å². The number of hydrogen-bond donors (Lipinski definition) is 1. The first-order chi connectivity index (χ1) is 11.9. The van der Waals surface area contributed by atoms with Gasteiger partial charge in [0.25, 0.3) is 0 Å². The molecule has 0 aliphatic carbocycles. The molecule has 2 aromatic heterocycles. The van der Waals surface area contributed by atoms with Gasteiger partial charge in [-0.1, -0.05) is 35.0 Å². The first-order valence-corrected chi connectivity index (χ1v) is 9.88. The van der Waals surface area contributed by atoms with Crippen LogP contribution in [-0.2, 0) is 11.8 Å². The minimum atomic E-state index is -0.167. The van der Waals surface area contributed by atoms with E-state index in [1.807, 2.05) is 23.9 Å². The summed E-state index contributed by atoms with van der Waals surface area (Å²) in [7, 11) is 1.89. The molecule has 0 aliphatic heterocycles. The van der Waals surface area contributed by atoms with E-state index in [4.69, 9.17) is 23.2 Å². The van der Waals surface area contributed by atoms with Crippen molar-refractivity contribution in [1.29, 1.82) is 0 Å². The van der Waals surface area contributed by atoms with Crippen LogP contribution in [0.15, 0.2) is 34.8 Å². The minimum Gasteiger partial charge on any atom is -0.325 e. The maximum Gasteiger partial charge on any atom is 0.234 e. The average Bonchev–Trinajstić information content (AvgIpc) is 3.10. The zero-order chi connectivity index (χ0) is 18.0.